The molecule has 8 heteroatoms. The second-order valence-corrected chi connectivity index (χ2v) is 9.97. The highest BCUT2D eigenvalue weighted by Crippen LogP contribution is 2.22. The SMILES string of the molecule is O=C(/C=C/c1ccc(S(=O)(=O)NC2CC2)cc1)NCC1CN(Cc2ccccc2)CCO1. The molecule has 2 N–H and O–H groups in total. The smallest absolute Gasteiger partial charge is 0.244 e. The molecule has 1 atom stereocenters. The molecule has 1 aliphatic carbocycles. The third-order valence-electron chi connectivity index (χ3n) is 5.49. The van der Waals surface area contributed by atoms with Crippen molar-refractivity contribution >= 4 is 22.0 Å². The summed E-state index contributed by atoms with van der Waals surface area (Å²) in [5, 5.41) is 2.89. The number of amides is 1. The summed E-state index contributed by atoms with van der Waals surface area (Å²) < 4.78 is 32.9. The Labute approximate surface area is 189 Å². The van der Waals surface area contributed by atoms with Gasteiger partial charge in [-0.1, -0.05) is 42.5 Å². The zero-order valence-electron chi connectivity index (χ0n) is 17.9. The molecule has 2 fully saturated rings. The minimum absolute atomic E-state index is 0.0479. The van der Waals surface area contributed by atoms with Crippen molar-refractivity contribution < 1.29 is 17.9 Å². The standard InChI is InChI=1S/C24H29N3O4S/c28-24(13-8-19-6-11-23(12-7-19)32(29,30)26-21-9-10-21)25-16-22-18-27(14-15-31-22)17-20-4-2-1-3-5-20/h1-8,11-13,21-22,26H,9-10,14-18H2,(H,25,28)/b13-8+. The van der Waals surface area contributed by atoms with Crippen LogP contribution in [0.15, 0.2) is 65.6 Å². The summed E-state index contributed by atoms with van der Waals surface area (Å²) in [6.45, 7) is 3.61. The Hall–Kier alpha value is -2.52. The van der Waals surface area contributed by atoms with Crippen LogP contribution in [-0.2, 0) is 26.1 Å². The lowest BCUT2D eigenvalue weighted by Crippen LogP contribution is -2.46. The lowest BCUT2D eigenvalue weighted by atomic mass is 10.2. The van der Waals surface area contributed by atoms with E-state index in [-0.39, 0.29) is 22.9 Å². The highest BCUT2D eigenvalue weighted by molar-refractivity contribution is 7.89. The van der Waals surface area contributed by atoms with E-state index in [2.05, 4.69) is 27.1 Å². The van der Waals surface area contributed by atoms with Crippen molar-refractivity contribution in [1.29, 1.82) is 0 Å². The van der Waals surface area contributed by atoms with E-state index < -0.39 is 10.0 Å². The predicted octanol–water partition coefficient (Wildman–Crippen LogP) is 2.16. The number of carbonyl (C=O) groups excluding carboxylic acids is 1. The minimum atomic E-state index is -3.46. The fourth-order valence-corrected chi connectivity index (χ4v) is 4.89. The van der Waals surface area contributed by atoms with Crippen LogP contribution in [0, 0.1) is 0 Å². The molecule has 0 bridgehead atoms. The molecule has 2 aromatic carbocycles. The molecule has 1 saturated carbocycles. The van der Waals surface area contributed by atoms with E-state index in [1.165, 1.54) is 11.6 Å². The molecule has 1 amide bonds. The van der Waals surface area contributed by atoms with E-state index in [1.807, 2.05) is 18.2 Å². The van der Waals surface area contributed by atoms with Crippen molar-refractivity contribution in [2.24, 2.45) is 0 Å². The highest BCUT2D eigenvalue weighted by Gasteiger charge is 2.27. The Morgan fingerprint density at radius 2 is 1.84 bits per heavy atom. The zero-order chi connectivity index (χ0) is 22.4. The topological polar surface area (TPSA) is 87.7 Å². The average molecular weight is 456 g/mol. The maximum absolute atomic E-state index is 12.2. The van der Waals surface area contributed by atoms with E-state index in [0.29, 0.717) is 13.2 Å². The molecule has 1 heterocycles. The van der Waals surface area contributed by atoms with Gasteiger partial charge in [0, 0.05) is 38.3 Å². The monoisotopic (exact) mass is 455 g/mol. The second kappa shape index (κ2) is 10.4. The molecule has 0 aromatic heterocycles. The Morgan fingerprint density at radius 1 is 1.09 bits per heavy atom. The number of rotatable bonds is 9. The molecule has 1 aliphatic heterocycles. The number of nitrogens with one attached hydrogen (secondary N) is 2. The lowest BCUT2D eigenvalue weighted by Gasteiger charge is -2.33. The Morgan fingerprint density at radius 3 is 2.56 bits per heavy atom. The van der Waals surface area contributed by atoms with Crippen LogP contribution in [0.1, 0.15) is 24.0 Å². The van der Waals surface area contributed by atoms with Crippen molar-refractivity contribution in [2.75, 3.05) is 26.2 Å². The molecule has 2 aromatic rings. The maximum Gasteiger partial charge on any atom is 0.244 e. The van der Waals surface area contributed by atoms with Crippen LogP contribution in [0.4, 0.5) is 0 Å². The Bertz CT molecular complexity index is 1030. The molecule has 32 heavy (non-hydrogen) atoms. The van der Waals surface area contributed by atoms with Crippen LogP contribution in [-0.4, -0.2) is 57.6 Å². The molecule has 2 aliphatic rings. The largest absolute Gasteiger partial charge is 0.374 e. The van der Waals surface area contributed by atoms with Gasteiger partial charge in [-0.15, -0.1) is 0 Å². The van der Waals surface area contributed by atoms with Crippen molar-refractivity contribution in [3.63, 3.8) is 0 Å². The summed E-state index contributed by atoms with van der Waals surface area (Å²) >= 11 is 0. The third-order valence-corrected chi connectivity index (χ3v) is 7.03. The molecule has 1 unspecified atom stereocenters. The first-order valence-electron chi connectivity index (χ1n) is 10.9. The van der Waals surface area contributed by atoms with Crippen LogP contribution < -0.4 is 10.0 Å². The number of morpholine rings is 1. The summed E-state index contributed by atoms with van der Waals surface area (Å²) in [5.74, 6) is -0.208. The van der Waals surface area contributed by atoms with Gasteiger partial charge >= 0.3 is 0 Å². The van der Waals surface area contributed by atoms with E-state index in [4.69, 9.17) is 4.74 Å². The number of carbonyl (C=O) groups is 1. The van der Waals surface area contributed by atoms with Crippen molar-refractivity contribution in [3.05, 3.63) is 71.8 Å². The second-order valence-electron chi connectivity index (χ2n) is 8.26. The molecule has 170 valence electrons. The fourth-order valence-electron chi connectivity index (χ4n) is 3.58. The number of ether oxygens (including phenoxy) is 1. The summed E-state index contributed by atoms with van der Waals surface area (Å²) in [6, 6.07) is 16.9. The normalized spacial score (nSPS) is 19.8. The van der Waals surface area contributed by atoms with Gasteiger partial charge in [-0.05, 0) is 42.2 Å². The van der Waals surface area contributed by atoms with Gasteiger partial charge in [0.15, 0.2) is 0 Å². The first kappa shape index (κ1) is 22.7. The first-order valence-corrected chi connectivity index (χ1v) is 12.4. The highest BCUT2D eigenvalue weighted by atomic mass is 32.2. The number of hydrogen-bond acceptors (Lipinski definition) is 5. The van der Waals surface area contributed by atoms with Gasteiger partial charge in [0.1, 0.15) is 0 Å². The van der Waals surface area contributed by atoms with E-state index in [1.54, 1.807) is 30.3 Å². The molecular weight excluding hydrogens is 426 g/mol. The van der Waals surface area contributed by atoms with Crippen LogP contribution in [0.2, 0.25) is 0 Å². The van der Waals surface area contributed by atoms with Crippen LogP contribution in [0.5, 0.6) is 0 Å². The van der Waals surface area contributed by atoms with E-state index >= 15 is 0 Å². The summed E-state index contributed by atoms with van der Waals surface area (Å²) in [5.41, 5.74) is 2.02. The van der Waals surface area contributed by atoms with Crippen LogP contribution >= 0.6 is 0 Å². The third kappa shape index (κ3) is 6.74. The van der Waals surface area contributed by atoms with E-state index in [0.717, 1.165) is 38.0 Å². The molecule has 7 nitrogen and oxygen atoms in total. The average Bonchev–Trinajstić information content (AvgIpc) is 3.61. The molecule has 0 spiro atoms. The van der Waals surface area contributed by atoms with Gasteiger partial charge in [-0.25, -0.2) is 13.1 Å². The maximum atomic E-state index is 12.2. The Kier molecular flexibility index (Phi) is 7.36. The molecular formula is C24H29N3O4S. The van der Waals surface area contributed by atoms with Crippen molar-refractivity contribution in [3.8, 4) is 0 Å². The van der Waals surface area contributed by atoms with E-state index in [9.17, 15) is 13.2 Å². The number of nitrogens with zero attached hydrogens (tertiary/aromatic N) is 1. The summed E-state index contributed by atoms with van der Waals surface area (Å²) in [7, 11) is -3.46. The summed E-state index contributed by atoms with van der Waals surface area (Å²) in [4.78, 5) is 14.8. The number of sulfonamides is 1. The van der Waals surface area contributed by atoms with Crippen LogP contribution in [0.3, 0.4) is 0 Å². The van der Waals surface area contributed by atoms with Crippen LogP contribution in [0.25, 0.3) is 6.08 Å². The fraction of sp³-hybridized carbons (Fsp3) is 0.375. The molecule has 1 saturated heterocycles. The van der Waals surface area contributed by atoms with Gasteiger partial charge in [0.25, 0.3) is 0 Å². The van der Waals surface area contributed by atoms with Crippen molar-refractivity contribution in [1.82, 2.24) is 14.9 Å². The zero-order valence-corrected chi connectivity index (χ0v) is 18.8. The van der Waals surface area contributed by atoms with Gasteiger partial charge in [0.05, 0.1) is 17.6 Å². The number of hydrogen-bond donors (Lipinski definition) is 2. The Balaban J connectivity index is 1.23. The molecule has 4 rings (SSSR count). The first-order chi connectivity index (χ1) is 15.5. The van der Waals surface area contributed by atoms with Gasteiger partial charge in [0.2, 0.25) is 15.9 Å². The quantitative estimate of drug-likeness (QED) is 0.566. The number of benzene rings is 2. The summed E-state index contributed by atoms with van der Waals surface area (Å²) in [6.07, 6.45) is 4.87. The van der Waals surface area contributed by atoms with Crippen molar-refractivity contribution in [2.45, 2.75) is 36.4 Å². The minimum Gasteiger partial charge on any atom is -0.374 e. The van der Waals surface area contributed by atoms with Gasteiger partial charge in [-0.2, -0.15) is 0 Å². The molecule has 0 radical (unpaired) electrons. The van der Waals surface area contributed by atoms with Gasteiger partial charge < -0.3 is 10.1 Å². The predicted molar refractivity (Wildman–Crippen MR) is 123 cm³/mol. The lowest BCUT2D eigenvalue weighted by molar-refractivity contribution is -0.117. The van der Waals surface area contributed by atoms with Gasteiger partial charge in [-0.3, -0.25) is 9.69 Å².